The molecule has 0 amide bonds. The summed E-state index contributed by atoms with van der Waals surface area (Å²) in [6, 6.07) is 4.68. The van der Waals surface area contributed by atoms with E-state index in [9.17, 15) is 4.79 Å². The molecule has 0 aliphatic carbocycles. The van der Waals surface area contributed by atoms with E-state index in [0.717, 1.165) is 11.5 Å². The standard InChI is InChI=1S/C13H15N3O3/c1-8-14-6-10(16-8)7-15-11-5-9(13(17)18)3-4-12(11)19-2/h3-6,15H,7H2,1-2H3,(H,14,16)(H,17,18). The Labute approximate surface area is 110 Å². The molecule has 2 rings (SSSR count). The number of ether oxygens (including phenoxy) is 1. The third-order valence-corrected chi connectivity index (χ3v) is 2.67. The van der Waals surface area contributed by atoms with Crippen LogP contribution in [0, 0.1) is 6.92 Å². The molecular weight excluding hydrogens is 246 g/mol. The molecule has 3 N–H and O–H groups in total. The summed E-state index contributed by atoms with van der Waals surface area (Å²) >= 11 is 0. The van der Waals surface area contributed by atoms with E-state index in [4.69, 9.17) is 9.84 Å². The van der Waals surface area contributed by atoms with E-state index in [2.05, 4.69) is 15.3 Å². The van der Waals surface area contributed by atoms with Crippen LogP contribution in [0.5, 0.6) is 5.75 Å². The number of H-pyrrole nitrogens is 1. The molecule has 6 heteroatoms. The van der Waals surface area contributed by atoms with Gasteiger partial charge in [0.25, 0.3) is 0 Å². The van der Waals surface area contributed by atoms with Gasteiger partial charge in [-0.2, -0.15) is 0 Å². The van der Waals surface area contributed by atoms with E-state index in [1.54, 1.807) is 25.4 Å². The molecule has 0 fully saturated rings. The van der Waals surface area contributed by atoms with Crippen LogP contribution < -0.4 is 10.1 Å². The molecule has 6 nitrogen and oxygen atoms in total. The third-order valence-electron chi connectivity index (χ3n) is 2.67. The zero-order chi connectivity index (χ0) is 13.8. The lowest BCUT2D eigenvalue weighted by molar-refractivity contribution is 0.0697. The van der Waals surface area contributed by atoms with Crippen LogP contribution in [0.4, 0.5) is 5.69 Å². The van der Waals surface area contributed by atoms with Crippen LogP contribution in [0.15, 0.2) is 24.4 Å². The van der Waals surface area contributed by atoms with E-state index in [-0.39, 0.29) is 5.56 Å². The molecule has 1 aromatic heterocycles. The van der Waals surface area contributed by atoms with Gasteiger partial charge in [0.2, 0.25) is 0 Å². The number of imidazole rings is 1. The molecule has 0 unspecified atom stereocenters. The summed E-state index contributed by atoms with van der Waals surface area (Å²) < 4.78 is 5.19. The number of methoxy groups -OCH3 is 1. The summed E-state index contributed by atoms with van der Waals surface area (Å²) in [4.78, 5) is 18.1. The number of aromatic carboxylic acids is 1. The maximum absolute atomic E-state index is 10.9. The number of aryl methyl sites for hydroxylation is 1. The summed E-state index contributed by atoms with van der Waals surface area (Å²) in [5.41, 5.74) is 1.76. The topological polar surface area (TPSA) is 87.2 Å². The molecule has 100 valence electrons. The Bertz CT molecular complexity index is 593. The fourth-order valence-electron chi connectivity index (χ4n) is 1.73. The van der Waals surface area contributed by atoms with Gasteiger partial charge >= 0.3 is 5.97 Å². The molecule has 2 aromatic rings. The maximum Gasteiger partial charge on any atom is 0.335 e. The number of nitrogens with one attached hydrogen (secondary N) is 2. The average Bonchev–Trinajstić information content (AvgIpc) is 2.81. The SMILES string of the molecule is COc1ccc(C(=O)O)cc1NCc1cnc(C)[nH]1. The molecule has 0 saturated heterocycles. The smallest absolute Gasteiger partial charge is 0.335 e. The fraction of sp³-hybridized carbons (Fsp3) is 0.231. The molecule has 0 radical (unpaired) electrons. The number of carboxylic acid groups (broad SMARTS) is 1. The normalized spacial score (nSPS) is 10.2. The van der Waals surface area contributed by atoms with Gasteiger partial charge in [-0.1, -0.05) is 0 Å². The van der Waals surface area contributed by atoms with Gasteiger partial charge in [0.1, 0.15) is 11.6 Å². The minimum absolute atomic E-state index is 0.212. The van der Waals surface area contributed by atoms with Gasteiger partial charge in [-0.05, 0) is 25.1 Å². The highest BCUT2D eigenvalue weighted by Gasteiger charge is 2.09. The lowest BCUT2D eigenvalue weighted by atomic mass is 10.2. The van der Waals surface area contributed by atoms with Crippen molar-refractivity contribution >= 4 is 11.7 Å². The Morgan fingerprint density at radius 3 is 2.89 bits per heavy atom. The molecule has 19 heavy (non-hydrogen) atoms. The van der Waals surface area contributed by atoms with Crippen molar-refractivity contribution in [2.24, 2.45) is 0 Å². The van der Waals surface area contributed by atoms with Crippen LogP contribution in [0.25, 0.3) is 0 Å². The lowest BCUT2D eigenvalue weighted by Crippen LogP contribution is -2.04. The Kier molecular flexibility index (Phi) is 3.70. The fourth-order valence-corrected chi connectivity index (χ4v) is 1.73. The minimum Gasteiger partial charge on any atom is -0.495 e. The number of rotatable bonds is 5. The van der Waals surface area contributed by atoms with Crippen LogP contribution in [-0.2, 0) is 6.54 Å². The number of nitrogens with zero attached hydrogens (tertiary/aromatic N) is 1. The largest absolute Gasteiger partial charge is 0.495 e. The van der Waals surface area contributed by atoms with Crippen LogP contribution in [-0.4, -0.2) is 28.2 Å². The number of aromatic nitrogens is 2. The highest BCUT2D eigenvalue weighted by Crippen LogP contribution is 2.25. The second kappa shape index (κ2) is 5.43. The minimum atomic E-state index is -0.969. The van der Waals surface area contributed by atoms with Crippen molar-refractivity contribution in [2.45, 2.75) is 13.5 Å². The Hall–Kier alpha value is -2.50. The molecule has 0 saturated carbocycles. The highest BCUT2D eigenvalue weighted by molar-refractivity contribution is 5.89. The first-order chi connectivity index (χ1) is 9.10. The van der Waals surface area contributed by atoms with Crippen molar-refractivity contribution in [2.75, 3.05) is 12.4 Å². The molecular formula is C13H15N3O3. The number of anilines is 1. The van der Waals surface area contributed by atoms with E-state index in [0.29, 0.717) is 18.0 Å². The Balaban J connectivity index is 2.17. The van der Waals surface area contributed by atoms with E-state index < -0.39 is 5.97 Å². The monoisotopic (exact) mass is 261 g/mol. The molecule has 1 aromatic carbocycles. The number of benzene rings is 1. The molecule has 0 atom stereocenters. The predicted octanol–water partition coefficient (Wildman–Crippen LogP) is 2.04. The summed E-state index contributed by atoms with van der Waals surface area (Å²) in [6.07, 6.45) is 1.73. The van der Waals surface area contributed by atoms with Crippen molar-refractivity contribution in [3.8, 4) is 5.75 Å². The van der Waals surface area contributed by atoms with Gasteiger partial charge < -0.3 is 20.1 Å². The van der Waals surface area contributed by atoms with Crippen molar-refractivity contribution in [1.29, 1.82) is 0 Å². The van der Waals surface area contributed by atoms with Gasteiger partial charge in [0, 0.05) is 0 Å². The quantitative estimate of drug-likeness (QED) is 0.766. The maximum atomic E-state index is 10.9. The van der Waals surface area contributed by atoms with Crippen molar-refractivity contribution in [3.63, 3.8) is 0 Å². The van der Waals surface area contributed by atoms with E-state index in [1.165, 1.54) is 6.07 Å². The van der Waals surface area contributed by atoms with Gasteiger partial charge in [-0.25, -0.2) is 9.78 Å². The molecule has 1 heterocycles. The number of carbonyl (C=O) groups is 1. The third kappa shape index (κ3) is 3.04. The van der Waals surface area contributed by atoms with Crippen LogP contribution >= 0.6 is 0 Å². The van der Waals surface area contributed by atoms with Crippen molar-refractivity contribution in [1.82, 2.24) is 9.97 Å². The van der Waals surface area contributed by atoms with E-state index >= 15 is 0 Å². The number of aromatic amines is 1. The predicted molar refractivity (Wildman–Crippen MR) is 70.6 cm³/mol. The number of hydrogen-bond acceptors (Lipinski definition) is 4. The number of carboxylic acids is 1. The van der Waals surface area contributed by atoms with Crippen molar-refractivity contribution in [3.05, 3.63) is 41.5 Å². The molecule has 0 bridgehead atoms. The zero-order valence-corrected chi connectivity index (χ0v) is 10.7. The Morgan fingerprint density at radius 2 is 2.32 bits per heavy atom. The van der Waals surface area contributed by atoms with Gasteiger partial charge in [-0.15, -0.1) is 0 Å². The molecule has 0 aliphatic heterocycles. The van der Waals surface area contributed by atoms with Gasteiger partial charge in [0.05, 0.1) is 36.8 Å². The second-order valence-corrected chi connectivity index (χ2v) is 4.07. The molecule has 0 aliphatic rings. The van der Waals surface area contributed by atoms with Gasteiger partial charge in [-0.3, -0.25) is 0 Å². The summed E-state index contributed by atoms with van der Waals surface area (Å²) in [5.74, 6) is 0.465. The van der Waals surface area contributed by atoms with Crippen molar-refractivity contribution < 1.29 is 14.6 Å². The number of hydrogen-bond donors (Lipinski definition) is 3. The summed E-state index contributed by atoms with van der Waals surface area (Å²) in [6.45, 7) is 2.38. The zero-order valence-electron chi connectivity index (χ0n) is 10.7. The van der Waals surface area contributed by atoms with Crippen LogP contribution in [0.1, 0.15) is 21.9 Å². The summed E-state index contributed by atoms with van der Waals surface area (Å²) in [5, 5.41) is 12.1. The highest BCUT2D eigenvalue weighted by atomic mass is 16.5. The molecule has 0 spiro atoms. The first kappa shape index (κ1) is 12.9. The Morgan fingerprint density at radius 1 is 1.53 bits per heavy atom. The second-order valence-electron chi connectivity index (χ2n) is 4.07. The first-order valence-electron chi connectivity index (χ1n) is 5.76. The van der Waals surface area contributed by atoms with Gasteiger partial charge in [0.15, 0.2) is 0 Å². The van der Waals surface area contributed by atoms with E-state index in [1.807, 2.05) is 6.92 Å². The van der Waals surface area contributed by atoms with Crippen LogP contribution in [0.2, 0.25) is 0 Å². The average molecular weight is 261 g/mol. The first-order valence-corrected chi connectivity index (χ1v) is 5.76. The van der Waals surface area contributed by atoms with Crippen LogP contribution in [0.3, 0.4) is 0 Å². The summed E-state index contributed by atoms with van der Waals surface area (Å²) in [7, 11) is 1.54. The lowest BCUT2D eigenvalue weighted by Gasteiger charge is -2.11.